The van der Waals surface area contributed by atoms with E-state index in [0.717, 1.165) is 21.8 Å². The first-order chi connectivity index (χ1) is 15.5. The Hall–Kier alpha value is -4.07. The third kappa shape index (κ3) is 7.02. The highest BCUT2D eigenvalue weighted by atomic mass is 16.6. The van der Waals surface area contributed by atoms with Crippen molar-refractivity contribution >= 4 is 17.9 Å². The van der Waals surface area contributed by atoms with E-state index in [9.17, 15) is 9.59 Å². The number of aromatic nitrogens is 1. The molecule has 2 aromatic carbocycles. The third-order valence-electron chi connectivity index (χ3n) is 4.50. The SMILES string of the molecule is Cc1cccnc1NCCOc1ccc(CN(CC(=O)O)C(=O)Oc2ccccc2)cc1. The van der Waals surface area contributed by atoms with Gasteiger partial charge in [0.25, 0.3) is 0 Å². The monoisotopic (exact) mass is 435 g/mol. The molecule has 1 aromatic heterocycles. The van der Waals surface area contributed by atoms with Crippen molar-refractivity contribution in [1.82, 2.24) is 9.88 Å². The fraction of sp³-hybridized carbons (Fsp3) is 0.208. The summed E-state index contributed by atoms with van der Waals surface area (Å²) in [5, 5.41) is 12.4. The van der Waals surface area contributed by atoms with Gasteiger partial charge in [-0.2, -0.15) is 0 Å². The smallest absolute Gasteiger partial charge is 0.416 e. The van der Waals surface area contributed by atoms with Crippen LogP contribution in [-0.2, 0) is 11.3 Å². The lowest BCUT2D eigenvalue weighted by atomic mass is 10.2. The minimum Gasteiger partial charge on any atom is -0.492 e. The molecule has 0 saturated heterocycles. The highest BCUT2D eigenvalue weighted by Crippen LogP contribution is 2.16. The van der Waals surface area contributed by atoms with Crippen molar-refractivity contribution in [3.63, 3.8) is 0 Å². The molecule has 8 nitrogen and oxygen atoms in total. The molecule has 0 atom stereocenters. The van der Waals surface area contributed by atoms with Crippen LogP contribution < -0.4 is 14.8 Å². The molecule has 0 aliphatic rings. The predicted octanol–water partition coefficient (Wildman–Crippen LogP) is 3.97. The maximum atomic E-state index is 12.4. The van der Waals surface area contributed by atoms with E-state index in [2.05, 4.69) is 10.3 Å². The lowest BCUT2D eigenvalue weighted by Gasteiger charge is -2.20. The van der Waals surface area contributed by atoms with E-state index in [1.807, 2.05) is 19.1 Å². The molecule has 8 heteroatoms. The zero-order valence-corrected chi connectivity index (χ0v) is 17.7. The molecule has 3 aromatic rings. The van der Waals surface area contributed by atoms with Crippen molar-refractivity contribution in [2.75, 3.05) is 25.0 Å². The average Bonchev–Trinajstić information content (AvgIpc) is 2.79. The Balaban J connectivity index is 1.51. The molecule has 1 heterocycles. The van der Waals surface area contributed by atoms with Crippen LogP contribution >= 0.6 is 0 Å². The van der Waals surface area contributed by atoms with E-state index in [0.29, 0.717) is 24.7 Å². The van der Waals surface area contributed by atoms with Gasteiger partial charge >= 0.3 is 12.1 Å². The van der Waals surface area contributed by atoms with Crippen molar-refractivity contribution in [1.29, 1.82) is 0 Å². The van der Waals surface area contributed by atoms with Crippen molar-refractivity contribution in [3.8, 4) is 11.5 Å². The Kier molecular flexibility index (Phi) is 8.02. The van der Waals surface area contributed by atoms with Gasteiger partial charge in [-0.3, -0.25) is 9.69 Å². The molecule has 0 fully saturated rings. The first-order valence-corrected chi connectivity index (χ1v) is 10.1. The number of aryl methyl sites for hydroxylation is 1. The number of carboxylic acids is 1. The topological polar surface area (TPSA) is 101 Å². The summed E-state index contributed by atoms with van der Waals surface area (Å²) in [4.78, 5) is 29.0. The predicted molar refractivity (Wildman–Crippen MR) is 120 cm³/mol. The van der Waals surface area contributed by atoms with Gasteiger partial charge in [0.15, 0.2) is 0 Å². The van der Waals surface area contributed by atoms with Gasteiger partial charge in [-0.1, -0.05) is 36.4 Å². The van der Waals surface area contributed by atoms with Crippen LogP contribution in [0.15, 0.2) is 72.9 Å². The summed E-state index contributed by atoms with van der Waals surface area (Å²) >= 11 is 0. The second kappa shape index (κ2) is 11.4. The van der Waals surface area contributed by atoms with E-state index >= 15 is 0 Å². The molecule has 3 rings (SSSR count). The molecule has 0 aliphatic heterocycles. The fourth-order valence-corrected chi connectivity index (χ4v) is 2.92. The number of pyridine rings is 1. The molecule has 0 radical (unpaired) electrons. The summed E-state index contributed by atoms with van der Waals surface area (Å²) in [7, 11) is 0. The fourth-order valence-electron chi connectivity index (χ4n) is 2.92. The number of anilines is 1. The first kappa shape index (κ1) is 22.6. The first-order valence-electron chi connectivity index (χ1n) is 10.1. The Bertz CT molecular complexity index is 1030. The van der Waals surface area contributed by atoms with Gasteiger partial charge in [0.1, 0.15) is 30.5 Å². The minimum atomic E-state index is -1.12. The number of nitrogens with zero attached hydrogens (tertiary/aromatic N) is 2. The van der Waals surface area contributed by atoms with Crippen LogP contribution in [0.25, 0.3) is 0 Å². The van der Waals surface area contributed by atoms with Gasteiger partial charge < -0.3 is 19.9 Å². The minimum absolute atomic E-state index is 0.0960. The van der Waals surface area contributed by atoms with Gasteiger partial charge in [-0.05, 0) is 48.4 Å². The second-order valence-corrected chi connectivity index (χ2v) is 7.02. The number of amides is 1. The number of rotatable bonds is 10. The molecule has 0 bridgehead atoms. The van der Waals surface area contributed by atoms with Gasteiger partial charge in [-0.25, -0.2) is 9.78 Å². The highest BCUT2D eigenvalue weighted by molar-refractivity contribution is 5.78. The maximum Gasteiger partial charge on any atom is 0.416 e. The molecule has 1 amide bonds. The Morgan fingerprint density at radius 3 is 2.44 bits per heavy atom. The largest absolute Gasteiger partial charge is 0.492 e. The Morgan fingerprint density at radius 2 is 1.75 bits per heavy atom. The van der Waals surface area contributed by atoms with Crippen molar-refractivity contribution in [2.45, 2.75) is 13.5 Å². The molecule has 166 valence electrons. The summed E-state index contributed by atoms with van der Waals surface area (Å²) < 4.78 is 11.0. The Labute approximate surface area is 186 Å². The van der Waals surface area contributed by atoms with Crippen LogP contribution in [0, 0.1) is 6.92 Å². The second-order valence-electron chi connectivity index (χ2n) is 7.02. The summed E-state index contributed by atoms with van der Waals surface area (Å²) in [6.07, 6.45) is 1.01. The number of hydrogen-bond acceptors (Lipinski definition) is 6. The zero-order chi connectivity index (χ0) is 22.8. The van der Waals surface area contributed by atoms with E-state index in [1.165, 1.54) is 0 Å². The summed E-state index contributed by atoms with van der Waals surface area (Å²) in [5.41, 5.74) is 1.82. The van der Waals surface area contributed by atoms with Crippen LogP contribution in [0.1, 0.15) is 11.1 Å². The molecular weight excluding hydrogens is 410 g/mol. The lowest BCUT2D eigenvalue weighted by molar-refractivity contribution is -0.138. The van der Waals surface area contributed by atoms with Gasteiger partial charge in [0.05, 0.1) is 6.54 Å². The standard InChI is InChI=1S/C24H25N3O5/c1-18-6-5-13-25-23(18)26-14-15-31-20-11-9-19(10-12-20)16-27(17-22(28)29)24(30)32-21-7-3-2-4-8-21/h2-13H,14-17H2,1H3,(H,25,26)(H,28,29). The number of carboxylic acid groups (broad SMARTS) is 1. The van der Waals surface area contributed by atoms with Crippen LogP contribution in [-0.4, -0.2) is 46.7 Å². The van der Waals surface area contributed by atoms with Crippen LogP contribution in [0.5, 0.6) is 11.5 Å². The number of ether oxygens (including phenoxy) is 2. The maximum absolute atomic E-state index is 12.4. The molecule has 0 unspecified atom stereocenters. The number of para-hydroxylation sites is 1. The number of benzene rings is 2. The normalized spacial score (nSPS) is 10.3. The van der Waals surface area contributed by atoms with E-state index < -0.39 is 18.6 Å². The van der Waals surface area contributed by atoms with Gasteiger partial charge in [-0.15, -0.1) is 0 Å². The van der Waals surface area contributed by atoms with Gasteiger partial charge in [0.2, 0.25) is 0 Å². The number of nitrogens with one attached hydrogen (secondary N) is 1. The third-order valence-corrected chi connectivity index (χ3v) is 4.50. The van der Waals surface area contributed by atoms with Gasteiger partial charge in [0, 0.05) is 12.7 Å². The highest BCUT2D eigenvalue weighted by Gasteiger charge is 2.19. The molecular formula is C24H25N3O5. The van der Waals surface area contributed by atoms with Crippen molar-refractivity contribution in [2.24, 2.45) is 0 Å². The van der Waals surface area contributed by atoms with Crippen molar-refractivity contribution in [3.05, 3.63) is 84.1 Å². The number of carbonyl (C=O) groups is 2. The number of aliphatic carboxylic acids is 1. The molecule has 0 saturated carbocycles. The Morgan fingerprint density at radius 1 is 1.00 bits per heavy atom. The zero-order valence-electron chi connectivity index (χ0n) is 17.7. The number of hydrogen-bond donors (Lipinski definition) is 2. The van der Waals surface area contributed by atoms with Crippen molar-refractivity contribution < 1.29 is 24.2 Å². The number of carbonyl (C=O) groups excluding carboxylic acids is 1. The summed E-state index contributed by atoms with van der Waals surface area (Å²) in [6, 6.07) is 19.5. The van der Waals surface area contributed by atoms with E-state index in [4.69, 9.17) is 14.6 Å². The molecule has 32 heavy (non-hydrogen) atoms. The summed E-state index contributed by atoms with van der Waals surface area (Å²) in [6.45, 7) is 2.65. The van der Waals surface area contributed by atoms with Crippen LogP contribution in [0.2, 0.25) is 0 Å². The lowest BCUT2D eigenvalue weighted by Crippen LogP contribution is -2.37. The molecule has 0 spiro atoms. The quantitative estimate of drug-likeness (QED) is 0.465. The molecule has 2 N–H and O–H groups in total. The van der Waals surface area contributed by atoms with E-state index in [-0.39, 0.29) is 6.54 Å². The average molecular weight is 435 g/mol. The summed E-state index contributed by atoms with van der Waals surface area (Å²) in [5.74, 6) is 0.731. The van der Waals surface area contributed by atoms with E-state index in [1.54, 1.807) is 60.8 Å². The molecule has 0 aliphatic carbocycles. The van der Waals surface area contributed by atoms with Crippen LogP contribution in [0.3, 0.4) is 0 Å². The van der Waals surface area contributed by atoms with Crippen LogP contribution in [0.4, 0.5) is 10.6 Å².